The third-order valence-corrected chi connectivity index (χ3v) is 9.37. The van der Waals surface area contributed by atoms with Crippen LogP contribution in [0.3, 0.4) is 0 Å². The molecule has 0 unspecified atom stereocenters. The van der Waals surface area contributed by atoms with Crippen LogP contribution in [0.15, 0.2) is 82.2 Å². The standard InChI is InChI=1S/C28H28BrNO5S/c1-28(2)22-14-13-20(17-26(31)30-36(32,33)25-11-7-6-10-23(25)29)34-27(22)21-16-19(12-15-24(21)35-28)18-8-4-3-5-9-18/h3-12,15-16,20,22,27H,13-14,17H2,1-2H3,(H,30,31)/t20-,22+,27-/m0/s1. The fourth-order valence-electron chi connectivity index (χ4n) is 5.19. The SMILES string of the molecule is CC1(C)Oc2ccc(-c3ccccc3)cc2[C@@H]2O[C@H](CC(=O)NS(=O)(=O)c3ccccc3Br)CC[C@H]21. The van der Waals surface area contributed by atoms with Crippen molar-refractivity contribution in [1.82, 2.24) is 4.72 Å². The fourth-order valence-corrected chi connectivity index (χ4v) is 7.19. The monoisotopic (exact) mass is 569 g/mol. The molecule has 36 heavy (non-hydrogen) atoms. The number of hydrogen-bond acceptors (Lipinski definition) is 5. The Morgan fingerprint density at radius 1 is 1.00 bits per heavy atom. The maximum atomic E-state index is 12.8. The summed E-state index contributed by atoms with van der Waals surface area (Å²) in [4.78, 5) is 12.8. The van der Waals surface area contributed by atoms with Crippen molar-refractivity contribution in [3.63, 3.8) is 0 Å². The van der Waals surface area contributed by atoms with E-state index in [9.17, 15) is 13.2 Å². The van der Waals surface area contributed by atoms with Crippen molar-refractivity contribution >= 4 is 31.9 Å². The maximum Gasteiger partial charge on any atom is 0.265 e. The Morgan fingerprint density at radius 2 is 1.72 bits per heavy atom. The van der Waals surface area contributed by atoms with Crippen molar-refractivity contribution < 1.29 is 22.7 Å². The number of hydrogen-bond donors (Lipinski definition) is 1. The molecule has 3 aromatic rings. The van der Waals surface area contributed by atoms with Crippen molar-refractivity contribution in [3.05, 3.63) is 82.8 Å². The van der Waals surface area contributed by atoms with Crippen molar-refractivity contribution in [2.75, 3.05) is 0 Å². The lowest BCUT2D eigenvalue weighted by atomic mass is 9.74. The number of ether oxygens (including phenoxy) is 2. The Labute approximate surface area is 220 Å². The number of halogens is 1. The van der Waals surface area contributed by atoms with E-state index in [4.69, 9.17) is 9.47 Å². The van der Waals surface area contributed by atoms with Crippen LogP contribution in [0.25, 0.3) is 11.1 Å². The smallest absolute Gasteiger partial charge is 0.265 e. The van der Waals surface area contributed by atoms with Gasteiger partial charge >= 0.3 is 0 Å². The lowest BCUT2D eigenvalue weighted by Gasteiger charge is -2.48. The van der Waals surface area contributed by atoms with Gasteiger partial charge in [-0.3, -0.25) is 4.79 Å². The number of carbonyl (C=O) groups is 1. The zero-order chi connectivity index (χ0) is 25.5. The van der Waals surface area contributed by atoms with Gasteiger partial charge in [0.25, 0.3) is 10.0 Å². The molecular weight excluding hydrogens is 542 g/mol. The van der Waals surface area contributed by atoms with Gasteiger partial charge in [0.1, 0.15) is 16.2 Å². The van der Waals surface area contributed by atoms with E-state index in [1.807, 2.05) is 30.3 Å². The molecule has 2 aliphatic rings. The third kappa shape index (κ3) is 4.94. The molecule has 2 aliphatic heterocycles. The maximum absolute atomic E-state index is 12.8. The highest BCUT2D eigenvalue weighted by Gasteiger charge is 2.47. The number of fused-ring (bicyclic) bond motifs is 3. The topological polar surface area (TPSA) is 81.7 Å². The molecule has 188 valence electrons. The summed E-state index contributed by atoms with van der Waals surface area (Å²) in [7, 11) is -3.99. The van der Waals surface area contributed by atoms with Gasteiger partial charge in [-0.25, -0.2) is 13.1 Å². The van der Waals surface area contributed by atoms with Gasteiger partial charge in [0.15, 0.2) is 0 Å². The molecule has 0 aromatic heterocycles. The summed E-state index contributed by atoms with van der Waals surface area (Å²) < 4.78 is 41.0. The highest BCUT2D eigenvalue weighted by molar-refractivity contribution is 9.10. The van der Waals surface area contributed by atoms with Crippen molar-refractivity contribution in [3.8, 4) is 16.9 Å². The molecule has 2 heterocycles. The molecule has 1 N–H and O–H groups in total. The first-order valence-electron chi connectivity index (χ1n) is 12.0. The van der Waals surface area contributed by atoms with Gasteiger partial charge in [0.2, 0.25) is 5.91 Å². The molecule has 0 saturated carbocycles. The van der Waals surface area contributed by atoms with Crippen LogP contribution in [0.5, 0.6) is 5.75 Å². The minimum Gasteiger partial charge on any atom is -0.487 e. The molecule has 1 fully saturated rings. The van der Waals surface area contributed by atoms with Crippen LogP contribution in [0, 0.1) is 5.92 Å². The molecule has 3 aromatic carbocycles. The number of amides is 1. The quantitative estimate of drug-likeness (QED) is 0.406. The minimum absolute atomic E-state index is 0.0246. The van der Waals surface area contributed by atoms with Crippen LogP contribution in [0.2, 0.25) is 0 Å². The average molecular weight is 571 g/mol. The molecule has 8 heteroatoms. The second kappa shape index (κ2) is 9.65. The van der Waals surface area contributed by atoms with E-state index in [1.165, 1.54) is 6.07 Å². The molecule has 5 rings (SSSR count). The lowest BCUT2D eigenvalue weighted by molar-refractivity contribution is -0.155. The second-order valence-electron chi connectivity index (χ2n) is 9.85. The van der Waals surface area contributed by atoms with Crippen LogP contribution in [-0.4, -0.2) is 26.0 Å². The van der Waals surface area contributed by atoms with E-state index in [-0.39, 0.29) is 23.3 Å². The predicted molar refractivity (Wildman–Crippen MR) is 141 cm³/mol. The van der Waals surface area contributed by atoms with Crippen LogP contribution < -0.4 is 9.46 Å². The Balaban J connectivity index is 1.36. The summed E-state index contributed by atoms with van der Waals surface area (Å²) in [5.74, 6) is 0.306. The third-order valence-electron chi connectivity index (χ3n) is 6.98. The Bertz CT molecular complexity index is 1390. The van der Waals surface area contributed by atoms with Gasteiger partial charge in [-0.1, -0.05) is 48.5 Å². The fraction of sp³-hybridized carbons (Fsp3) is 0.321. The first-order valence-corrected chi connectivity index (χ1v) is 14.3. The molecule has 0 spiro atoms. The summed E-state index contributed by atoms with van der Waals surface area (Å²) in [5.41, 5.74) is 2.71. The highest BCUT2D eigenvalue weighted by Crippen LogP contribution is 2.51. The number of benzene rings is 3. The Kier molecular flexibility index (Phi) is 6.70. The van der Waals surface area contributed by atoms with Crippen LogP contribution in [-0.2, 0) is 19.6 Å². The number of rotatable bonds is 5. The lowest BCUT2D eigenvalue weighted by Crippen LogP contribution is -2.49. The van der Waals surface area contributed by atoms with Crippen molar-refractivity contribution in [2.24, 2.45) is 5.92 Å². The van der Waals surface area contributed by atoms with Gasteiger partial charge in [0.05, 0.1) is 18.6 Å². The summed E-state index contributed by atoms with van der Waals surface area (Å²) in [6.07, 6.45) is 0.759. The summed E-state index contributed by atoms with van der Waals surface area (Å²) in [5, 5.41) is 0. The summed E-state index contributed by atoms with van der Waals surface area (Å²) in [6.45, 7) is 4.14. The molecule has 1 amide bonds. The number of sulfonamides is 1. The molecule has 0 bridgehead atoms. The first kappa shape index (κ1) is 25.0. The molecule has 3 atom stereocenters. The van der Waals surface area contributed by atoms with E-state index in [1.54, 1.807) is 18.2 Å². The summed E-state index contributed by atoms with van der Waals surface area (Å²) >= 11 is 3.24. The Morgan fingerprint density at radius 3 is 2.47 bits per heavy atom. The molecule has 6 nitrogen and oxygen atoms in total. The van der Waals surface area contributed by atoms with Gasteiger partial charge in [-0.15, -0.1) is 0 Å². The van der Waals surface area contributed by atoms with Gasteiger partial charge < -0.3 is 9.47 Å². The Hall–Kier alpha value is -2.68. The zero-order valence-electron chi connectivity index (χ0n) is 20.1. The number of carbonyl (C=O) groups excluding carboxylic acids is 1. The predicted octanol–water partition coefficient (Wildman–Crippen LogP) is 6.02. The average Bonchev–Trinajstić information content (AvgIpc) is 2.84. The molecule has 0 radical (unpaired) electrons. The van der Waals surface area contributed by atoms with Crippen LogP contribution >= 0.6 is 15.9 Å². The van der Waals surface area contributed by atoms with Crippen LogP contribution in [0.1, 0.15) is 44.8 Å². The van der Waals surface area contributed by atoms with Crippen LogP contribution in [0.4, 0.5) is 0 Å². The van der Waals surface area contributed by atoms with Gasteiger partial charge in [-0.2, -0.15) is 0 Å². The molecular formula is C28H28BrNO5S. The largest absolute Gasteiger partial charge is 0.487 e. The van der Waals surface area contributed by atoms with Gasteiger partial charge in [-0.05, 0) is 78.0 Å². The highest BCUT2D eigenvalue weighted by atomic mass is 79.9. The minimum atomic E-state index is -3.99. The number of nitrogens with one attached hydrogen (secondary N) is 1. The van der Waals surface area contributed by atoms with Gasteiger partial charge in [0, 0.05) is 16.0 Å². The normalized spacial score (nSPS) is 22.6. The zero-order valence-corrected chi connectivity index (χ0v) is 22.5. The van der Waals surface area contributed by atoms with E-state index >= 15 is 0 Å². The van der Waals surface area contributed by atoms with E-state index < -0.39 is 27.6 Å². The summed E-state index contributed by atoms with van der Waals surface area (Å²) in [6, 6.07) is 22.7. The van der Waals surface area contributed by atoms with E-state index in [2.05, 4.69) is 52.7 Å². The van der Waals surface area contributed by atoms with Crippen molar-refractivity contribution in [2.45, 2.75) is 55.8 Å². The van der Waals surface area contributed by atoms with Crippen molar-refractivity contribution in [1.29, 1.82) is 0 Å². The molecule has 0 aliphatic carbocycles. The first-order chi connectivity index (χ1) is 17.1. The van der Waals surface area contributed by atoms with E-state index in [0.29, 0.717) is 10.9 Å². The molecule has 1 saturated heterocycles. The second-order valence-corrected chi connectivity index (χ2v) is 12.4. The van der Waals surface area contributed by atoms with E-state index in [0.717, 1.165) is 28.9 Å².